The van der Waals surface area contributed by atoms with Gasteiger partial charge in [0.05, 0.1) is 15.8 Å². The Morgan fingerprint density at radius 3 is 1.69 bits per heavy atom. The van der Waals surface area contributed by atoms with Crippen molar-refractivity contribution in [2.75, 3.05) is 4.90 Å². The smallest absolute Gasteiger partial charge is 0.135 e. The third kappa shape index (κ3) is 5.58. The molecule has 13 rings (SSSR count). The summed E-state index contributed by atoms with van der Waals surface area (Å²) in [5, 5.41) is 4.85. The number of anilines is 3. The molecule has 12 aromatic rings. The monoisotopic (exact) mass is 833 g/mol. The second-order valence-electron chi connectivity index (χ2n) is 16.8. The fraction of sp³-hybridized carbons (Fsp3) is 0.0164. The first-order chi connectivity index (χ1) is 31.7. The highest BCUT2D eigenvalue weighted by Crippen LogP contribution is 2.57. The number of nitrogens with zero attached hydrogens (tertiary/aromatic N) is 1. The number of hydrogen-bond acceptors (Lipinski definition) is 3. The fourth-order valence-electron chi connectivity index (χ4n) is 10.5. The quantitative estimate of drug-likeness (QED) is 0.159. The number of thiophene rings is 1. The normalized spacial score (nSPS) is 12.8. The van der Waals surface area contributed by atoms with Crippen LogP contribution in [0.4, 0.5) is 17.1 Å². The minimum absolute atomic E-state index is 0.457. The Morgan fingerprint density at radius 2 is 0.922 bits per heavy atom. The van der Waals surface area contributed by atoms with Crippen molar-refractivity contribution < 1.29 is 4.42 Å². The first-order valence-electron chi connectivity index (χ1n) is 21.9. The van der Waals surface area contributed by atoms with Gasteiger partial charge in [0.1, 0.15) is 11.2 Å². The second kappa shape index (κ2) is 14.6. The molecule has 0 saturated carbocycles. The highest BCUT2D eigenvalue weighted by molar-refractivity contribution is 7.26. The molecular formula is C61H39NOS. The number of hydrogen-bond donors (Lipinski definition) is 0. The van der Waals surface area contributed by atoms with Gasteiger partial charge in [-0.25, -0.2) is 0 Å². The number of benzene rings is 10. The molecule has 0 radical (unpaired) electrons. The van der Waals surface area contributed by atoms with E-state index in [-0.39, 0.29) is 0 Å². The van der Waals surface area contributed by atoms with Crippen LogP contribution < -0.4 is 4.90 Å². The molecule has 0 N–H and O–H groups in total. The summed E-state index contributed by atoms with van der Waals surface area (Å²) in [6.07, 6.45) is 0. The van der Waals surface area contributed by atoms with Crippen molar-refractivity contribution in [1.29, 1.82) is 0 Å². The molecule has 0 bridgehead atoms. The Kier molecular flexibility index (Phi) is 8.34. The lowest BCUT2D eigenvalue weighted by atomic mass is 9.68. The van der Waals surface area contributed by atoms with E-state index in [0.29, 0.717) is 0 Å². The maximum atomic E-state index is 6.11. The van der Waals surface area contributed by atoms with E-state index in [4.69, 9.17) is 4.42 Å². The van der Waals surface area contributed by atoms with E-state index >= 15 is 0 Å². The summed E-state index contributed by atoms with van der Waals surface area (Å²) in [5.41, 5.74) is 17.1. The molecular weight excluding hydrogens is 795 g/mol. The predicted octanol–water partition coefficient (Wildman–Crippen LogP) is 17.1. The molecule has 0 atom stereocenters. The molecule has 2 heterocycles. The number of fused-ring (bicyclic) bond motifs is 9. The van der Waals surface area contributed by atoms with Gasteiger partial charge in [0.2, 0.25) is 0 Å². The lowest BCUT2D eigenvalue weighted by Crippen LogP contribution is -2.28. The Balaban J connectivity index is 0.941. The summed E-state index contributed by atoms with van der Waals surface area (Å²) in [5.74, 6) is 0. The topological polar surface area (TPSA) is 16.4 Å². The summed E-state index contributed by atoms with van der Waals surface area (Å²) in [7, 11) is 0. The van der Waals surface area contributed by atoms with Crippen LogP contribution in [0.25, 0.3) is 75.5 Å². The number of para-hydroxylation sites is 1. The van der Waals surface area contributed by atoms with Crippen LogP contribution in [0.3, 0.4) is 0 Å². The number of furan rings is 1. The van der Waals surface area contributed by atoms with Crippen molar-refractivity contribution in [3.63, 3.8) is 0 Å². The van der Waals surface area contributed by atoms with Gasteiger partial charge in [0, 0.05) is 37.6 Å². The highest BCUT2D eigenvalue weighted by Gasteiger charge is 2.46. The summed E-state index contributed by atoms with van der Waals surface area (Å²) in [4.78, 5) is 2.47. The van der Waals surface area contributed by atoms with Crippen LogP contribution in [0.5, 0.6) is 0 Å². The van der Waals surface area contributed by atoms with Crippen molar-refractivity contribution in [3.8, 4) is 33.4 Å². The standard InChI is InChI=1S/C61H39NOS/c1-3-14-44(15-4-1)61(45-16-5-2-6-17-45)54-22-10-7-18-48(54)52-39-47(35-36-55(52)61)62(56-23-13-21-51-50-20-9-12-25-59(50)64-60(51)56)46-33-30-41(31-34-46)40-26-28-42(29-27-40)43-32-37-58-53(38-43)49-19-8-11-24-57(49)63-58/h1-39H. The molecule has 0 saturated heterocycles. The SMILES string of the molecule is c1ccc(C2(c3ccccc3)c3ccccc3-c3cc(N(c4ccc(-c5ccc(-c6ccc7oc8ccccc8c7c6)cc5)cc4)c4cccc5c4sc4ccccc45)ccc32)cc1. The van der Waals surface area contributed by atoms with Gasteiger partial charge in [0.25, 0.3) is 0 Å². The summed E-state index contributed by atoms with van der Waals surface area (Å²) in [6.45, 7) is 0. The van der Waals surface area contributed by atoms with E-state index in [0.717, 1.165) is 33.3 Å². The van der Waals surface area contributed by atoms with Gasteiger partial charge in [-0.05, 0) is 110 Å². The average molecular weight is 834 g/mol. The van der Waals surface area contributed by atoms with Gasteiger partial charge >= 0.3 is 0 Å². The minimum atomic E-state index is -0.457. The fourth-order valence-corrected chi connectivity index (χ4v) is 11.7. The molecule has 0 amide bonds. The molecule has 64 heavy (non-hydrogen) atoms. The van der Waals surface area contributed by atoms with Crippen LogP contribution in [-0.4, -0.2) is 0 Å². The molecule has 2 aromatic heterocycles. The minimum Gasteiger partial charge on any atom is -0.456 e. The van der Waals surface area contributed by atoms with Gasteiger partial charge in [-0.1, -0.05) is 182 Å². The maximum Gasteiger partial charge on any atom is 0.135 e. The number of rotatable bonds is 7. The zero-order valence-corrected chi connectivity index (χ0v) is 35.6. The summed E-state index contributed by atoms with van der Waals surface area (Å²) >= 11 is 1.87. The zero-order chi connectivity index (χ0) is 42.2. The van der Waals surface area contributed by atoms with Crippen LogP contribution in [0, 0.1) is 0 Å². The van der Waals surface area contributed by atoms with Crippen LogP contribution in [0.2, 0.25) is 0 Å². The van der Waals surface area contributed by atoms with E-state index in [1.165, 1.54) is 81.5 Å². The summed E-state index contributed by atoms with van der Waals surface area (Å²) in [6, 6.07) is 86.6. The zero-order valence-electron chi connectivity index (χ0n) is 34.8. The van der Waals surface area contributed by atoms with Crippen molar-refractivity contribution >= 4 is 70.5 Å². The van der Waals surface area contributed by atoms with E-state index < -0.39 is 5.41 Å². The van der Waals surface area contributed by atoms with Gasteiger partial charge in [0.15, 0.2) is 0 Å². The first-order valence-corrected chi connectivity index (χ1v) is 22.7. The largest absolute Gasteiger partial charge is 0.456 e. The molecule has 0 unspecified atom stereocenters. The molecule has 2 nitrogen and oxygen atoms in total. The Labute approximate surface area is 375 Å². The molecule has 3 heteroatoms. The molecule has 0 aliphatic heterocycles. The Hall–Kier alpha value is -7.98. The van der Waals surface area contributed by atoms with Crippen molar-refractivity contribution in [3.05, 3.63) is 259 Å². The molecule has 10 aromatic carbocycles. The average Bonchev–Trinajstić information content (AvgIpc) is 4.03. The van der Waals surface area contributed by atoms with E-state index in [1.807, 2.05) is 23.5 Å². The van der Waals surface area contributed by atoms with Gasteiger partial charge in [-0.3, -0.25) is 0 Å². The van der Waals surface area contributed by atoms with E-state index in [2.05, 4.69) is 229 Å². The summed E-state index contributed by atoms with van der Waals surface area (Å²) < 4.78 is 8.67. The lowest BCUT2D eigenvalue weighted by Gasteiger charge is -2.34. The molecule has 0 fully saturated rings. The third-order valence-corrected chi connectivity index (χ3v) is 14.6. The van der Waals surface area contributed by atoms with Crippen LogP contribution >= 0.6 is 11.3 Å². The van der Waals surface area contributed by atoms with Crippen molar-refractivity contribution in [1.82, 2.24) is 0 Å². The lowest BCUT2D eigenvalue weighted by molar-refractivity contribution is 0.669. The van der Waals surface area contributed by atoms with Crippen LogP contribution in [-0.2, 0) is 5.41 Å². The van der Waals surface area contributed by atoms with E-state index in [1.54, 1.807) is 0 Å². The van der Waals surface area contributed by atoms with Gasteiger partial charge < -0.3 is 9.32 Å². The maximum absolute atomic E-state index is 6.11. The van der Waals surface area contributed by atoms with Crippen molar-refractivity contribution in [2.24, 2.45) is 0 Å². The molecule has 0 spiro atoms. The second-order valence-corrected chi connectivity index (χ2v) is 17.8. The Bertz CT molecular complexity index is 3670. The molecule has 1 aliphatic carbocycles. The molecule has 300 valence electrons. The van der Waals surface area contributed by atoms with Crippen molar-refractivity contribution in [2.45, 2.75) is 5.41 Å². The predicted molar refractivity (Wildman–Crippen MR) is 269 cm³/mol. The molecule has 1 aliphatic rings. The van der Waals surface area contributed by atoms with Gasteiger partial charge in [-0.2, -0.15) is 0 Å². The third-order valence-electron chi connectivity index (χ3n) is 13.4. The van der Waals surface area contributed by atoms with Gasteiger partial charge in [-0.15, -0.1) is 11.3 Å². The Morgan fingerprint density at radius 1 is 0.359 bits per heavy atom. The van der Waals surface area contributed by atoms with Crippen LogP contribution in [0.15, 0.2) is 241 Å². The first kappa shape index (κ1) is 36.7. The van der Waals surface area contributed by atoms with Crippen LogP contribution in [0.1, 0.15) is 22.3 Å². The van der Waals surface area contributed by atoms with E-state index in [9.17, 15) is 0 Å². The highest BCUT2D eigenvalue weighted by atomic mass is 32.1.